The number of carbonyl (C=O) groups is 1. The molecule has 0 saturated carbocycles. The topological polar surface area (TPSA) is 51.1 Å². The molecule has 0 aliphatic carbocycles. The molecule has 0 aliphatic heterocycles. The quantitative estimate of drug-likeness (QED) is 0.634. The Bertz CT molecular complexity index is 932. The normalized spacial score (nSPS) is 11.9. The van der Waals surface area contributed by atoms with E-state index in [0.717, 1.165) is 32.6 Å². The van der Waals surface area contributed by atoms with E-state index in [4.69, 9.17) is 0 Å². The van der Waals surface area contributed by atoms with E-state index in [0.29, 0.717) is 6.54 Å². The van der Waals surface area contributed by atoms with E-state index < -0.39 is 0 Å². The van der Waals surface area contributed by atoms with Crippen molar-refractivity contribution in [2.45, 2.75) is 25.9 Å². The minimum atomic E-state index is -0.225. The van der Waals surface area contributed by atoms with Crippen LogP contribution in [-0.4, -0.2) is 10.5 Å². The molecule has 3 rings (SSSR count). The number of nitrogens with zero attached hydrogens (tertiary/aromatic N) is 1. The Morgan fingerprint density at radius 3 is 2.38 bits per heavy atom. The largest absolute Gasteiger partial charge is 0.345 e. The van der Waals surface area contributed by atoms with E-state index in [9.17, 15) is 9.59 Å². The molecule has 1 atom stereocenters. The van der Waals surface area contributed by atoms with Crippen molar-refractivity contribution < 1.29 is 4.79 Å². The van der Waals surface area contributed by atoms with Gasteiger partial charge in [-0.3, -0.25) is 9.59 Å². The molecular formula is C20H19BrN2O2S. The zero-order valence-electron chi connectivity index (χ0n) is 14.3. The third-order valence-corrected chi connectivity index (χ3v) is 5.59. The molecule has 0 spiro atoms. The van der Waals surface area contributed by atoms with Crippen LogP contribution in [0.3, 0.4) is 0 Å². The van der Waals surface area contributed by atoms with Gasteiger partial charge in [0.2, 0.25) is 5.91 Å². The Balaban J connectivity index is 1.76. The summed E-state index contributed by atoms with van der Waals surface area (Å²) in [4.78, 5) is 24.3. The second kappa shape index (κ2) is 8.47. The van der Waals surface area contributed by atoms with Gasteiger partial charge in [-0.05, 0) is 30.2 Å². The van der Waals surface area contributed by atoms with E-state index >= 15 is 0 Å². The number of nitrogens with one attached hydrogen (secondary N) is 1. The smallest absolute Gasteiger partial charge is 0.307 e. The summed E-state index contributed by atoms with van der Waals surface area (Å²) in [6.07, 6.45) is 0.261. The number of aryl methyl sites for hydroxylation is 1. The molecule has 134 valence electrons. The summed E-state index contributed by atoms with van der Waals surface area (Å²) in [6, 6.07) is 17.6. The summed E-state index contributed by atoms with van der Waals surface area (Å²) < 4.78 is 2.63. The van der Waals surface area contributed by atoms with Crippen molar-refractivity contribution in [3.05, 3.63) is 90.9 Å². The molecule has 2 aromatic carbocycles. The first kappa shape index (κ1) is 18.6. The summed E-state index contributed by atoms with van der Waals surface area (Å²) in [5, 5.41) is 4.92. The number of hydrogen-bond acceptors (Lipinski definition) is 3. The third-order valence-electron chi connectivity index (χ3n) is 4.18. The first-order valence-corrected chi connectivity index (χ1v) is 9.96. The summed E-state index contributed by atoms with van der Waals surface area (Å²) in [6.45, 7) is 2.27. The van der Waals surface area contributed by atoms with Crippen molar-refractivity contribution in [2.75, 3.05) is 0 Å². The lowest BCUT2D eigenvalue weighted by Gasteiger charge is -2.20. The number of rotatable bonds is 6. The van der Waals surface area contributed by atoms with Crippen LogP contribution in [0, 0.1) is 6.92 Å². The van der Waals surface area contributed by atoms with Crippen LogP contribution in [0.1, 0.15) is 29.3 Å². The van der Waals surface area contributed by atoms with Crippen LogP contribution in [0.2, 0.25) is 0 Å². The zero-order chi connectivity index (χ0) is 18.5. The molecule has 1 unspecified atom stereocenters. The number of hydrogen-bond donors (Lipinski definition) is 1. The predicted octanol–water partition coefficient (Wildman–Crippen LogP) is 4.28. The number of aromatic nitrogens is 1. The molecule has 1 heterocycles. The Kier molecular flexibility index (Phi) is 6.06. The monoisotopic (exact) mass is 430 g/mol. The summed E-state index contributed by atoms with van der Waals surface area (Å²) in [5.41, 5.74) is 2.92. The van der Waals surface area contributed by atoms with E-state index in [2.05, 4.69) is 21.2 Å². The highest BCUT2D eigenvalue weighted by molar-refractivity contribution is 9.10. The molecular weight excluding hydrogens is 412 g/mol. The maximum atomic E-state index is 12.6. The van der Waals surface area contributed by atoms with E-state index in [1.54, 1.807) is 4.57 Å². The van der Waals surface area contributed by atoms with E-state index in [-0.39, 0.29) is 23.2 Å². The van der Waals surface area contributed by atoms with Crippen LogP contribution >= 0.6 is 27.3 Å². The maximum Gasteiger partial charge on any atom is 0.307 e. The highest BCUT2D eigenvalue weighted by atomic mass is 79.9. The standard InChI is InChI=1S/C20H19BrN2O2S/c1-14-13-26-20(25)23(14)12-11-18(24)22-19(15-5-3-2-4-6-15)16-7-9-17(21)10-8-16/h2-10,13,19H,11-12H2,1H3,(H,22,24). The van der Waals surface area contributed by atoms with Gasteiger partial charge in [-0.2, -0.15) is 0 Å². The Labute approximate surface area is 164 Å². The van der Waals surface area contributed by atoms with Crippen molar-refractivity contribution in [2.24, 2.45) is 0 Å². The average Bonchev–Trinajstić information content (AvgIpc) is 2.97. The van der Waals surface area contributed by atoms with Crippen molar-refractivity contribution >= 4 is 33.2 Å². The van der Waals surface area contributed by atoms with Crippen LogP contribution in [0.25, 0.3) is 0 Å². The van der Waals surface area contributed by atoms with Gasteiger partial charge in [0.25, 0.3) is 0 Å². The molecule has 0 saturated heterocycles. The Morgan fingerprint density at radius 2 is 1.77 bits per heavy atom. The molecule has 4 nitrogen and oxygen atoms in total. The minimum absolute atomic E-state index is 0.0252. The number of carbonyl (C=O) groups excluding carboxylic acids is 1. The van der Waals surface area contributed by atoms with Gasteiger partial charge in [0, 0.05) is 28.5 Å². The van der Waals surface area contributed by atoms with Crippen molar-refractivity contribution in [1.29, 1.82) is 0 Å². The first-order chi connectivity index (χ1) is 12.5. The lowest BCUT2D eigenvalue weighted by Crippen LogP contribution is -2.30. The van der Waals surface area contributed by atoms with Gasteiger partial charge < -0.3 is 9.88 Å². The number of thiazole rings is 1. The van der Waals surface area contributed by atoms with Gasteiger partial charge in [0.15, 0.2) is 0 Å². The molecule has 0 aliphatic rings. The Hall–Kier alpha value is -2.18. The molecule has 3 aromatic rings. The first-order valence-electron chi connectivity index (χ1n) is 8.29. The van der Waals surface area contributed by atoms with E-state index in [1.165, 1.54) is 0 Å². The second-order valence-electron chi connectivity index (χ2n) is 6.01. The molecule has 1 N–H and O–H groups in total. The average molecular weight is 431 g/mol. The summed E-state index contributed by atoms with van der Waals surface area (Å²) >= 11 is 4.61. The lowest BCUT2D eigenvalue weighted by atomic mass is 9.98. The Morgan fingerprint density at radius 1 is 1.12 bits per heavy atom. The lowest BCUT2D eigenvalue weighted by molar-refractivity contribution is -0.121. The molecule has 26 heavy (non-hydrogen) atoms. The van der Waals surface area contributed by atoms with Gasteiger partial charge in [-0.15, -0.1) is 0 Å². The van der Waals surface area contributed by atoms with Crippen LogP contribution < -0.4 is 10.2 Å². The molecule has 0 bridgehead atoms. The minimum Gasteiger partial charge on any atom is -0.345 e. The molecule has 0 radical (unpaired) electrons. The van der Waals surface area contributed by atoms with Crippen LogP contribution in [0.4, 0.5) is 0 Å². The van der Waals surface area contributed by atoms with Crippen LogP contribution in [0.5, 0.6) is 0 Å². The van der Waals surface area contributed by atoms with Gasteiger partial charge in [-0.25, -0.2) is 0 Å². The highest BCUT2D eigenvalue weighted by Crippen LogP contribution is 2.23. The van der Waals surface area contributed by atoms with Gasteiger partial charge >= 0.3 is 4.87 Å². The SMILES string of the molecule is Cc1csc(=O)n1CCC(=O)NC(c1ccccc1)c1ccc(Br)cc1. The van der Waals surface area contributed by atoms with E-state index in [1.807, 2.05) is 66.9 Å². The van der Waals surface area contributed by atoms with Crippen molar-refractivity contribution in [3.63, 3.8) is 0 Å². The second-order valence-corrected chi connectivity index (χ2v) is 7.74. The van der Waals surface area contributed by atoms with Gasteiger partial charge in [0.1, 0.15) is 0 Å². The van der Waals surface area contributed by atoms with Crippen molar-refractivity contribution in [1.82, 2.24) is 9.88 Å². The highest BCUT2D eigenvalue weighted by Gasteiger charge is 2.17. The van der Waals surface area contributed by atoms with Gasteiger partial charge in [0.05, 0.1) is 6.04 Å². The summed E-state index contributed by atoms with van der Waals surface area (Å²) in [7, 11) is 0. The zero-order valence-corrected chi connectivity index (χ0v) is 16.7. The predicted molar refractivity (Wildman–Crippen MR) is 109 cm³/mol. The molecule has 1 aromatic heterocycles. The third kappa shape index (κ3) is 4.51. The molecule has 0 fully saturated rings. The fourth-order valence-corrected chi connectivity index (χ4v) is 3.81. The molecule has 6 heteroatoms. The van der Waals surface area contributed by atoms with Crippen molar-refractivity contribution in [3.8, 4) is 0 Å². The summed E-state index contributed by atoms with van der Waals surface area (Å²) in [5.74, 6) is -0.0840. The number of amides is 1. The maximum absolute atomic E-state index is 12.6. The molecule has 1 amide bonds. The fourth-order valence-electron chi connectivity index (χ4n) is 2.78. The van der Waals surface area contributed by atoms with Crippen LogP contribution in [0.15, 0.2) is 69.2 Å². The number of benzene rings is 2. The number of halogens is 1. The van der Waals surface area contributed by atoms with Gasteiger partial charge in [-0.1, -0.05) is 69.7 Å². The fraction of sp³-hybridized carbons (Fsp3) is 0.200. The van der Waals surface area contributed by atoms with Crippen LogP contribution in [-0.2, 0) is 11.3 Å².